The molecule has 0 spiro atoms. The van der Waals surface area contributed by atoms with E-state index in [9.17, 15) is 8.42 Å². The molecule has 0 atom stereocenters. The fourth-order valence-electron chi connectivity index (χ4n) is 3.99. The number of benzene rings is 2. The van der Waals surface area contributed by atoms with Crippen LogP contribution in [0.15, 0.2) is 5.41 Å². The van der Waals surface area contributed by atoms with Crippen LogP contribution in [0.2, 0.25) is 0 Å². The minimum absolute atomic E-state index is 0.0467. The quantitative estimate of drug-likeness (QED) is 0.601. The van der Waals surface area contributed by atoms with Gasteiger partial charge in [0.1, 0.15) is 0 Å². The Balaban J connectivity index is 2.50. The normalized spacial score (nSPS) is 12.2. The van der Waals surface area contributed by atoms with Crippen LogP contribution in [0.3, 0.4) is 0 Å². The van der Waals surface area contributed by atoms with Gasteiger partial charge in [-0.05, 0) is 142 Å². The Morgan fingerprint density at radius 1 is 0.536 bits per heavy atom. The van der Waals surface area contributed by atoms with E-state index in [2.05, 4.69) is 55.4 Å². The first-order valence-electron chi connectivity index (χ1n) is 9.83. The van der Waals surface area contributed by atoms with Gasteiger partial charge in [-0.2, -0.15) is 0 Å². The van der Waals surface area contributed by atoms with Gasteiger partial charge < -0.3 is 0 Å². The molecule has 0 fully saturated rings. The van der Waals surface area contributed by atoms with Crippen LogP contribution in [0.4, 0.5) is 0 Å². The highest BCUT2D eigenvalue weighted by Crippen LogP contribution is 2.29. The Morgan fingerprint density at radius 3 is 1.25 bits per heavy atom. The third kappa shape index (κ3) is 3.96. The average molecular weight is 399 g/mol. The smallest absolute Gasteiger partial charge is 0.175 e. The molecule has 0 aliphatic carbocycles. The van der Waals surface area contributed by atoms with E-state index in [1.807, 2.05) is 13.8 Å². The second-order valence-corrected chi connectivity index (χ2v) is 10.1. The number of rotatable bonds is 4. The first-order chi connectivity index (χ1) is 12.8. The lowest BCUT2D eigenvalue weighted by atomic mass is 9.90. The zero-order chi connectivity index (χ0) is 21.5. The summed E-state index contributed by atoms with van der Waals surface area (Å²) < 4.78 is 25.9. The summed E-state index contributed by atoms with van der Waals surface area (Å²) in [5.74, 6) is 0.0467. The van der Waals surface area contributed by atoms with Crippen LogP contribution in [0.5, 0.6) is 0 Å². The molecule has 0 saturated carbocycles. The SMILES string of the molecule is Cc1c(C)c(C)c(/C=C/S(=O)(=O)Cc2c(C)c(C)c(C)c(C)c2C)c(C)c1C. The van der Waals surface area contributed by atoms with E-state index in [0.29, 0.717) is 0 Å². The predicted molar refractivity (Wildman–Crippen MR) is 122 cm³/mol. The van der Waals surface area contributed by atoms with Crippen molar-refractivity contribution in [3.05, 3.63) is 72.2 Å². The second kappa shape index (κ2) is 7.87. The van der Waals surface area contributed by atoms with Crippen molar-refractivity contribution < 1.29 is 8.42 Å². The van der Waals surface area contributed by atoms with E-state index in [0.717, 1.165) is 33.4 Å². The second-order valence-electron chi connectivity index (χ2n) is 8.25. The van der Waals surface area contributed by atoms with E-state index in [-0.39, 0.29) is 5.75 Å². The van der Waals surface area contributed by atoms with Gasteiger partial charge in [-0.25, -0.2) is 8.42 Å². The molecule has 0 unspecified atom stereocenters. The van der Waals surface area contributed by atoms with Gasteiger partial charge in [-0.15, -0.1) is 0 Å². The summed E-state index contributed by atoms with van der Waals surface area (Å²) in [5, 5.41) is 1.40. The molecule has 0 radical (unpaired) electrons. The van der Waals surface area contributed by atoms with Crippen molar-refractivity contribution in [1.29, 1.82) is 0 Å². The zero-order valence-electron chi connectivity index (χ0n) is 19.1. The fraction of sp³-hybridized carbons (Fsp3) is 0.440. The number of hydrogen-bond donors (Lipinski definition) is 0. The minimum atomic E-state index is -3.37. The van der Waals surface area contributed by atoms with Crippen molar-refractivity contribution in [3.8, 4) is 0 Å². The molecule has 2 rings (SSSR count). The first kappa shape index (κ1) is 22.4. The molecular weight excluding hydrogens is 364 g/mol. The first-order valence-corrected chi connectivity index (χ1v) is 11.5. The molecule has 0 aliphatic heterocycles. The molecular formula is C25H34O2S. The lowest BCUT2D eigenvalue weighted by molar-refractivity contribution is 0.603. The van der Waals surface area contributed by atoms with Gasteiger partial charge in [-0.3, -0.25) is 0 Å². The maximum atomic E-state index is 13.0. The standard InChI is InChI=1S/C25H34O2S/c1-14-16(3)20(7)24(21(8)17(14)4)11-12-28(26,27)13-25-22(9)18(5)15(2)19(6)23(25)10/h11-12H,13H2,1-10H3/b12-11+. The molecule has 0 aromatic heterocycles. The Kier molecular flexibility index (Phi) is 6.30. The van der Waals surface area contributed by atoms with Crippen molar-refractivity contribution in [2.24, 2.45) is 0 Å². The summed E-state index contributed by atoms with van der Waals surface area (Å²) >= 11 is 0. The van der Waals surface area contributed by atoms with Gasteiger partial charge in [0.25, 0.3) is 0 Å². The average Bonchev–Trinajstić information content (AvgIpc) is 2.65. The Bertz CT molecular complexity index is 1030. The van der Waals surface area contributed by atoms with Gasteiger partial charge in [-0.1, -0.05) is 0 Å². The molecule has 0 aliphatic rings. The van der Waals surface area contributed by atoms with E-state index >= 15 is 0 Å². The summed E-state index contributed by atoms with van der Waals surface area (Å²) in [6, 6.07) is 0. The summed E-state index contributed by atoms with van der Waals surface area (Å²) in [6.07, 6.45) is 1.79. The summed E-state index contributed by atoms with van der Waals surface area (Å²) in [4.78, 5) is 0. The van der Waals surface area contributed by atoms with Crippen molar-refractivity contribution in [3.63, 3.8) is 0 Å². The van der Waals surface area contributed by atoms with Crippen molar-refractivity contribution >= 4 is 15.9 Å². The molecule has 0 amide bonds. The molecule has 3 heteroatoms. The van der Waals surface area contributed by atoms with Crippen molar-refractivity contribution in [2.75, 3.05) is 0 Å². The van der Waals surface area contributed by atoms with Gasteiger partial charge in [0.05, 0.1) is 5.75 Å². The highest BCUT2D eigenvalue weighted by molar-refractivity contribution is 7.93. The Hall–Kier alpha value is -1.87. The summed E-state index contributed by atoms with van der Waals surface area (Å²) in [5.41, 5.74) is 13.8. The van der Waals surface area contributed by atoms with Gasteiger partial charge in [0.2, 0.25) is 0 Å². The van der Waals surface area contributed by atoms with Crippen LogP contribution in [0.1, 0.15) is 66.8 Å². The Labute approximate surface area is 171 Å². The van der Waals surface area contributed by atoms with Crippen LogP contribution >= 0.6 is 0 Å². The molecule has 2 nitrogen and oxygen atoms in total. The molecule has 2 aromatic carbocycles. The number of sulfone groups is 1. The van der Waals surface area contributed by atoms with Gasteiger partial charge >= 0.3 is 0 Å². The molecule has 0 saturated heterocycles. The highest BCUT2D eigenvalue weighted by Gasteiger charge is 2.18. The van der Waals surface area contributed by atoms with Crippen molar-refractivity contribution in [2.45, 2.75) is 75.0 Å². The zero-order valence-corrected chi connectivity index (χ0v) is 19.9. The minimum Gasteiger partial charge on any atom is -0.224 e. The molecule has 2 aromatic rings. The third-order valence-corrected chi connectivity index (χ3v) is 8.24. The lowest BCUT2D eigenvalue weighted by Crippen LogP contribution is -2.08. The monoisotopic (exact) mass is 398 g/mol. The third-order valence-electron chi connectivity index (χ3n) is 7.00. The van der Waals surface area contributed by atoms with Crippen LogP contribution < -0.4 is 0 Å². The highest BCUT2D eigenvalue weighted by atomic mass is 32.2. The van der Waals surface area contributed by atoms with Crippen LogP contribution in [0, 0.1) is 69.2 Å². The largest absolute Gasteiger partial charge is 0.224 e. The lowest BCUT2D eigenvalue weighted by Gasteiger charge is -2.18. The van der Waals surface area contributed by atoms with Gasteiger partial charge in [0, 0.05) is 5.41 Å². The van der Waals surface area contributed by atoms with E-state index in [1.165, 1.54) is 38.8 Å². The van der Waals surface area contributed by atoms with E-state index in [4.69, 9.17) is 0 Å². The molecule has 0 bridgehead atoms. The molecule has 152 valence electrons. The van der Waals surface area contributed by atoms with Crippen LogP contribution in [0.25, 0.3) is 6.08 Å². The predicted octanol–water partition coefficient (Wildman–Crippen LogP) is 6.36. The Morgan fingerprint density at radius 2 is 0.857 bits per heavy atom. The summed E-state index contributed by atoms with van der Waals surface area (Å²) in [6.45, 7) is 20.8. The summed E-state index contributed by atoms with van der Waals surface area (Å²) in [7, 11) is -3.37. The molecule has 0 heterocycles. The van der Waals surface area contributed by atoms with E-state index < -0.39 is 9.84 Å². The van der Waals surface area contributed by atoms with Crippen LogP contribution in [-0.2, 0) is 15.6 Å². The molecule has 28 heavy (non-hydrogen) atoms. The topological polar surface area (TPSA) is 34.1 Å². The maximum Gasteiger partial charge on any atom is 0.175 e. The number of hydrogen-bond acceptors (Lipinski definition) is 2. The molecule has 0 N–H and O–H groups in total. The van der Waals surface area contributed by atoms with Gasteiger partial charge in [0.15, 0.2) is 9.84 Å². The van der Waals surface area contributed by atoms with E-state index in [1.54, 1.807) is 6.08 Å². The van der Waals surface area contributed by atoms with Crippen molar-refractivity contribution in [1.82, 2.24) is 0 Å². The fourth-order valence-corrected chi connectivity index (χ4v) is 5.27. The maximum absolute atomic E-state index is 13.0. The van der Waals surface area contributed by atoms with Crippen LogP contribution in [-0.4, -0.2) is 8.42 Å².